The highest BCUT2D eigenvalue weighted by molar-refractivity contribution is 5.65. The van der Waals surface area contributed by atoms with Gasteiger partial charge >= 0.3 is 5.97 Å². The molecule has 2 unspecified atom stereocenters. The van der Waals surface area contributed by atoms with E-state index in [1.54, 1.807) is 0 Å². The van der Waals surface area contributed by atoms with Gasteiger partial charge in [0.1, 0.15) is 0 Å². The van der Waals surface area contributed by atoms with Crippen molar-refractivity contribution in [2.75, 3.05) is 6.61 Å². The summed E-state index contributed by atoms with van der Waals surface area (Å²) < 4.78 is 4.86. The molecule has 0 aromatic carbocycles. The number of carbonyl (C=O) groups is 1. The molecule has 0 saturated heterocycles. The summed E-state index contributed by atoms with van der Waals surface area (Å²) in [5.41, 5.74) is 0. The number of aliphatic hydroxyl groups is 1. The zero-order valence-corrected chi connectivity index (χ0v) is 8.75. The highest BCUT2D eigenvalue weighted by Gasteiger charge is 2.17. The molecule has 0 rings (SSSR count). The summed E-state index contributed by atoms with van der Waals surface area (Å²) in [6.45, 7) is 5.75. The first kappa shape index (κ1) is 12.4. The van der Waals surface area contributed by atoms with Gasteiger partial charge in [-0.1, -0.05) is 20.3 Å². The Morgan fingerprint density at radius 2 is 2.08 bits per heavy atom. The molecule has 0 aromatic rings. The molecular formula is C10H20O3. The van der Waals surface area contributed by atoms with E-state index in [9.17, 15) is 9.90 Å². The van der Waals surface area contributed by atoms with Gasteiger partial charge in [-0.3, -0.25) is 4.79 Å². The van der Waals surface area contributed by atoms with Gasteiger partial charge in [-0.2, -0.15) is 0 Å². The third-order valence-electron chi connectivity index (χ3n) is 2.15. The highest BCUT2D eigenvalue weighted by atomic mass is 16.5. The van der Waals surface area contributed by atoms with Crippen molar-refractivity contribution in [1.82, 2.24) is 0 Å². The average Bonchev–Trinajstić information content (AvgIpc) is 2.05. The number of hydrogen-bond donors (Lipinski definition) is 1. The Morgan fingerprint density at radius 1 is 1.46 bits per heavy atom. The fraction of sp³-hybridized carbons (Fsp3) is 0.900. The summed E-state index contributed by atoms with van der Waals surface area (Å²) in [7, 11) is 0. The fourth-order valence-electron chi connectivity index (χ4n) is 1.26. The second-order valence-corrected chi connectivity index (χ2v) is 3.33. The van der Waals surface area contributed by atoms with Crippen LogP contribution in [0.5, 0.6) is 0 Å². The van der Waals surface area contributed by atoms with E-state index >= 15 is 0 Å². The monoisotopic (exact) mass is 188 g/mol. The van der Waals surface area contributed by atoms with Crippen molar-refractivity contribution in [3.8, 4) is 0 Å². The molecule has 0 bridgehead atoms. The van der Waals surface area contributed by atoms with Crippen LogP contribution in [0.1, 0.15) is 40.0 Å². The molecule has 0 amide bonds. The summed E-state index contributed by atoms with van der Waals surface area (Å²) >= 11 is 0. The van der Waals surface area contributed by atoms with Gasteiger partial charge in [0, 0.05) is 12.8 Å². The SMILES string of the molecule is CCCC(O)C(CC)COC(C)=O. The number of esters is 1. The Kier molecular flexibility index (Phi) is 6.59. The lowest BCUT2D eigenvalue weighted by molar-refractivity contribution is -0.143. The zero-order chi connectivity index (χ0) is 10.3. The largest absolute Gasteiger partial charge is 0.465 e. The predicted octanol–water partition coefficient (Wildman–Crippen LogP) is 1.74. The molecule has 1 N–H and O–H groups in total. The maximum atomic E-state index is 10.5. The number of hydrogen-bond acceptors (Lipinski definition) is 3. The van der Waals surface area contributed by atoms with Crippen LogP contribution in [0, 0.1) is 5.92 Å². The summed E-state index contributed by atoms with van der Waals surface area (Å²) in [6, 6.07) is 0. The first-order chi connectivity index (χ1) is 6.11. The third kappa shape index (κ3) is 5.64. The normalized spacial score (nSPS) is 15.1. The molecule has 3 nitrogen and oxygen atoms in total. The predicted molar refractivity (Wildman–Crippen MR) is 51.3 cm³/mol. The molecule has 0 aliphatic rings. The van der Waals surface area contributed by atoms with Crippen LogP contribution in [-0.4, -0.2) is 23.8 Å². The van der Waals surface area contributed by atoms with Crippen molar-refractivity contribution in [3.05, 3.63) is 0 Å². The minimum Gasteiger partial charge on any atom is -0.465 e. The second kappa shape index (κ2) is 6.89. The van der Waals surface area contributed by atoms with Crippen LogP contribution in [0.25, 0.3) is 0 Å². The van der Waals surface area contributed by atoms with E-state index in [2.05, 4.69) is 0 Å². The van der Waals surface area contributed by atoms with Crippen LogP contribution in [0.2, 0.25) is 0 Å². The van der Waals surface area contributed by atoms with Crippen LogP contribution in [-0.2, 0) is 9.53 Å². The molecule has 0 spiro atoms. The molecule has 0 radical (unpaired) electrons. The highest BCUT2D eigenvalue weighted by Crippen LogP contribution is 2.13. The van der Waals surface area contributed by atoms with E-state index in [1.165, 1.54) is 6.92 Å². The summed E-state index contributed by atoms with van der Waals surface area (Å²) in [4.78, 5) is 10.5. The van der Waals surface area contributed by atoms with Gasteiger partial charge in [0.25, 0.3) is 0 Å². The molecule has 0 aliphatic heterocycles. The topological polar surface area (TPSA) is 46.5 Å². The fourth-order valence-corrected chi connectivity index (χ4v) is 1.26. The van der Waals surface area contributed by atoms with Gasteiger partial charge in [0.05, 0.1) is 12.7 Å². The van der Waals surface area contributed by atoms with E-state index in [4.69, 9.17) is 4.74 Å². The lowest BCUT2D eigenvalue weighted by Crippen LogP contribution is -2.25. The van der Waals surface area contributed by atoms with Crippen molar-refractivity contribution in [2.45, 2.75) is 46.1 Å². The molecule has 3 heteroatoms. The third-order valence-corrected chi connectivity index (χ3v) is 2.15. The van der Waals surface area contributed by atoms with Crippen molar-refractivity contribution in [1.29, 1.82) is 0 Å². The lowest BCUT2D eigenvalue weighted by Gasteiger charge is -2.20. The van der Waals surface area contributed by atoms with Gasteiger partial charge in [-0.15, -0.1) is 0 Å². The lowest BCUT2D eigenvalue weighted by atomic mass is 9.97. The second-order valence-electron chi connectivity index (χ2n) is 3.33. The first-order valence-electron chi connectivity index (χ1n) is 4.93. The molecular weight excluding hydrogens is 168 g/mol. The van der Waals surface area contributed by atoms with Crippen LogP contribution < -0.4 is 0 Å². The standard InChI is InChI=1S/C10H20O3/c1-4-6-10(12)9(5-2)7-13-8(3)11/h9-10,12H,4-7H2,1-3H3. The number of carbonyl (C=O) groups excluding carboxylic acids is 1. The molecule has 0 aromatic heterocycles. The maximum absolute atomic E-state index is 10.5. The molecule has 13 heavy (non-hydrogen) atoms. The van der Waals surface area contributed by atoms with E-state index in [-0.39, 0.29) is 18.0 Å². The average molecular weight is 188 g/mol. The minimum absolute atomic E-state index is 0.0869. The Morgan fingerprint density at radius 3 is 2.46 bits per heavy atom. The Balaban J connectivity index is 3.79. The van der Waals surface area contributed by atoms with Crippen molar-refractivity contribution in [3.63, 3.8) is 0 Å². The Bertz CT molecular complexity index is 145. The van der Waals surface area contributed by atoms with Gasteiger partial charge in [-0.25, -0.2) is 0 Å². The number of rotatable bonds is 6. The van der Waals surface area contributed by atoms with Gasteiger partial charge < -0.3 is 9.84 Å². The summed E-state index contributed by atoms with van der Waals surface area (Å²) in [6.07, 6.45) is 2.24. The van der Waals surface area contributed by atoms with Crippen molar-refractivity contribution in [2.24, 2.45) is 5.92 Å². The molecule has 0 saturated carbocycles. The van der Waals surface area contributed by atoms with E-state index < -0.39 is 0 Å². The minimum atomic E-state index is -0.339. The van der Waals surface area contributed by atoms with Gasteiger partial charge in [0.2, 0.25) is 0 Å². The van der Waals surface area contributed by atoms with Crippen molar-refractivity contribution < 1.29 is 14.6 Å². The van der Waals surface area contributed by atoms with Crippen LogP contribution in [0.15, 0.2) is 0 Å². The van der Waals surface area contributed by atoms with Crippen molar-refractivity contribution >= 4 is 5.97 Å². The van der Waals surface area contributed by atoms with Crippen LogP contribution in [0.3, 0.4) is 0 Å². The Hall–Kier alpha value is -0.570. The molecule has 0 fully saturated rings. The molecule has 78 valence electrons. The summed E-state index contributed by atoms with van der Waals surface area (Å²) in [5, 5.41) is 9.63. The maximum Gasteiger partial charge on any atom is 0.302 e. The van der Waals surface area contributed by atoms with Gasteiger partial charge in [0.15, 0.2) is 0 Å². The molecule has 2 atom stereocenters. The van der Waals surface area contributed by atoms with E-state index in [0.717, 1.165) is 19.3 Å². The first-order valence-corrected chi connectivity index (χ1v) is 4.93. The zero-order valence-electron chi connectivity index (χ0n) is 8.75. The van der Waals surface area contributed by atoms with E-state index in [1.807, 2.05) is 13.8 Å². The number of aliphatic hydroxyl groups excluding tert-OH is 1. The smallest absolute Gasteiger partial charge is 0.302 e. The Labute approximate surface area is 80.1 Å². The van der Waals surface area contributed by atoms with Crippen LogP contribution >= 0.6 is 0 Å². The van der Waals surface area contributed by atoms with Crippen LogP contribution in [0.4, 0.5) is 0 Å². The molecule has 0 heterocycles. The number of ether oxygens (including phenoxy) is 1. The quantitative estimate of drug-likeness (QED) is 0.646. The molecule has 0 aliphatic carbocycles. The summed E-state index contributed by atoms with van der Waals surface area (Å²) in [5.74, 6) is -0.189. The van der Waals surface area contributed by atoms with Gasteiger partial charge in [-0.05, 0) is 12.8 Å². The van der Waals surface area contributed by atoms with E-state index in [0.29, 0.717) is 6.61 Å².